The summed E-state index contributed by atoms with van der Waals surface area (Å²) < 4.78 is 5.17. The molecule has 0 atom stereocenters. The Morgan fingerprint density at radius 2 is 1.95 bits per heavy atom. The number of carbonyl (C=O) groups is 1. The zero-order chi connectivity index (χ0) is 15.2. The highest BCUT2D eigenvalue weighted by Crippen LogP contribution is 2.25. The minimum absolute atomic E-state index is 0.207. The van der Waals surface area contributed by atoms with Crippen molar-refractivity contribution in [3.8, 4) is 17.2 Å². The summed E-state index contributed by atoms with van der Waals surface area (Å²) in [5, 5.41) is 19.2. The normalized spacial score (nSPS) is 10.7. The lowest BCUT2D eigenvalue weighted by Crippen LogP contribution is -2.03. The summed E-state index contributed by atoms with van der Waals surface area (Å²) in [6.07, 6.45) is 2.75. The van der Waals surface area contributed by atoms with Crippen LogP contribution in [0.1, 0.15) is 11.1 Å². The maximum Gasteiger partial charge on any atom is 0.336 e. The first kappa shape index (κ1) is 15.1. The number of benzene rings is 2. The highest BCUT2D eigenvalue weighted by molar-refractivity contribution is 9.08. The fourth-order valence-corrected chi connectivity index (χ4v) is 2.00. The quantitative estimate of drug-likeness (QED) is 0.291. The Morgan fingerprint density at radius 3 is 2.67 bits per heavy atom. The summed E-state index contributed by atoms with van der Waals surface area (Å²) in [5.74, 6) is -0.499. The smallest absolute Gasteiger partial charge is 0.336 e. The predicted molar refractivity (Wildman–Crippen MR) is 83.5 cm³/mol. The summed E-state index contributed by atoms with van der Waals surface area (Å²) >= 11 is 3.33. The van der Waals surface area contributed by atoms with E-state index in [2.05, 4.69) is 15.9 Å². The summed E-state index contributed by atoms with van der Waals surface area (Å²) in [7, 11) is 0. The van der Waals surface area contributed by atoms with Crippen molar-refractivity contribution in [1.29, 1.82) is 0 Å². The lowest BCUT2D eigenvalue weighted by molar-refractivity contribution is -0.128. The second-order valence-corrected chi connectivity index (χ2v) is 4.84. The zero-order valence-corrected chi connectivity index (χ0v) is 12.6. The third-order valence-electron chi connectivity index (χ3n) is 2.68. The van der Waals surface area contributed by atoms with Crippen LogP contribution in [0.5, 0.6) is 17.2 Å². The highest BCUT2D eigenvalue weighted by atomic mass is 79.9. The minimum Gasteiger partial charge on any atom is -0.504 e. The highest BCUT2D eigenvalue weighted by Gasteiger charge is 2.02. The maximum absolute atomic E-state index is 11.7. The van der Waals surface area contributed by atoms with E-state index in [1.54, 1.807) is 24.3 Å². The predicted octanol–water partition coefficient (Wildman–Crippen LogP) is 3.61. The van der Waals surface area contributed by atoms with Gasteiger partial charge in [-0.25, -0.2) is 4.79 Å². The first-order chi connectivity index (χ1) is 10.1. The first-order valence-corrected chi connectivity index (χ1v) is 7.27. The Kier molecular flexibility index (Phi) is 5.00. The van der Waals surface area contributed by atoms with Gasteiger partial charge in [0.25, 0.3) is 0 Å². The Bertz CT molecular complexity index is 680. The molecular weight excluding hydrogens is 336 g/mol. The molecule has 2 N–H and O–H groups in total. The van der Waals surface area contributed by atoms with Crippen molar-refractivity contribution in [3.63, 3.8) is 0 Å². The van der Waals surface area contributed by atoms with Crippen LogP contribution in [0, 0.1) is 0 Å². The zero-order valence-electron chi connectivity index (χ0n) is 11.0. The number of alkyl halides is 1. The van der Waals surface area contributed by atoms with E-state index in [4.69, 9.17) is 4.74 Å². The lowest BCUT2D eigenvalue weighted by Gasteiger charge is -2.03. The average molecular weight is 349 g/mol. The van der Waals surface area contributed by atoms with E-state index in [0.717, 1.165) is 5.56 Å². The van der Waals surface area contributed by atoms with Crippen LogP contribution in [0.25, 0.3) is 6.08 Å². The van der Waals surface area contributed by atoms with Gasteiger partial charge in [-0.2, -0.15) is 0 Å². The average Bonchev–Trinajstić information content (AvgIpc) is 2.48. The summed E-state index contributed by atoms with van der Waals surface area (Å²) in [5.41, 5.74) is 1.59. The molecule has 4 nitrogen and oxygen atoms in total. The topological polar surface area (TPSA) is 66.8 Å². The molecule has 0 amide bonds. The van der Waals surface area contributed by atoms with Crippen molar-refractivity contribution in [2.75, 3.05) is 0 Å². The molecule has 0 unspecified atom stereocenters. The molecule has 0 aliphatic rings. The summed E-state index contributed by atoms with van der Waals surface area (Å²) in [4.78, 5) is 11.7. The monoisotopic (exact) mass is 348 g/mol. The fraction of sp³-hybridized carbons (Fsp3) is 0.0625. The van der Waals surface area contributed by atoms with Gasteiger partial charge >= 0.3 is 5.97 Å². The number of esters is 1. The number of halogens is 1. The van der Waals surface area contributed by atoms with Crippen molar-refractivity contribution >= 4 is 28.0 Å². The van der Waals surface area contributed by atoms with Crippen LogP contribution in [0.2, 0.25) is 0 Å². The van der Waals surface area contributed by atoms with Gasteiger partial charge in [0.1, 0.15) is 5.75 Å². The van der Waals surface area contributed by atoms with E-state index in [-0.39, 0.29) is 11.5 Å². The molecule has 2 aromatic rings. The number of hydrogen-bond acceptors (Lipinski definition) is 4. The SMILES string of the molecule is O=C(C=Cc1ccc(O)c(O)c1)Oc1cccc(CBr)c1. The third-order valence-corrected chi connectivity index (χ3v) is 3.33. The van der Waals surface area contributed by atoms with Crippen molar-refractivity contribution in [3.05, 3.63) is 59.7 Å². The van der Waals surface area contributed by atoms with Crippen LogP contribution in [-0.2, 0) is 10.1 Å². The van der Waals surface area contributed by atoms with Gasteiger partial charge in [-0.15, -0.1) is 0 Å². The Hall–Kier alpha value is -2.27. The molecule has 5 heteroatoms. The van der Waals surface area contributed by atoms with E-state index in [1.165, 1.54) is 24.3 Å². The van der Waals surface area contributed by atoms with E-state index in [0.29, 0.717) is 16.6 Å². The third kappa shape index (κ3) is 4.36. The summed E-state index contributed by atoms with van der Waals surface area (Å²) in [6, 6.07) is 11.5. The van der Waals surface area contributed by atoms with Crippen molar-refractivity contribution in [2.45, 2.75) is 5.33 Å². The van der Waals surface area contributed by atoms with Crippen LogP contribution >= 0.6 is 15.9 Å². The van der Waals surface area contributed by atoms with E-state index in [9.17, 15) is 15.0 Å². The number of phenolic OH excluding ortho intramolecular Hbond substituents is 2. The molecule has 0 saturated carbocycles. The van der Waals surface area contributed by atoms with Crippen LogP contribution in [0.4, 0.5) is 0 Å². The Morgan fingerprint density at radius 1 is 1.14 bits per heavy atom. The number of ether oxygens (including phenoxy) is 1. The molecule has 0 bridgehead atoms. The molecule has 0 aromatic heterocycles. The van der Waals surface area contributed by atoms with Crippen molar-refractivity contribution in [1.82, 2.24) is 0 Å². The lowest BCUT2D eigenvalue weighted by atomic mass is 10.2. The molecule has 0 aliphatic heterocycles. The number of hydrogen-bond donors (Lipinski definition) is 2. The molecule has 0 radical (unpaired) electrons. The molecule has 0 spiro atoms. The van der Waals surface area contributed by atoms with E-state index >= 15 is 0 Å². The second-order valence-electron chi connectivity index (χ2n) is 4.28. The van der Waals surface area contributed by atoms with Gasteiger partial charge < -0.3 is 14.9 Å². The fourth-order valence-electron chi connectivity index (χ4n) is 1.65. The van der Waals surface area contributed by atoms with Gasteiger partial charge in [0.2, 0.25) is 0 Å². The number of carbonyl (C=O) groups excluding carboxylic acids is 1. The first-order valence-electron chi connectivity index (χ1n) is 6.15. The molecule has 0 aliphatic carbocycles. The second kappa shape index (κ2) is 6.95. The van der Waals surface area contributed by atoms with Gasteiger partial charge in [0, 0.05) is 11.4 Å². The minimum atomic E-state index is -0.519. The van der Waals surface area contributed by atoms with Crippen LogP contribution in [0.3, 0.4) is 0 Å². The Balaban J connectivity index is 2.03. The van der Waals surface area contributed by atoms with Crippen molar-refractivity contribution in [2.24, 2.45) is 0 Å². The molecule has 21 heavy (non-hydrogen) atoms. The molecule has 2 aromatic carbocycles. The largest absolute Gasteiger partial charge is 0.504 e. The van der Waals surface area contributed by atoms with Crippen molar-refractivity contribution < 1.29 is 19.7 Å². The number of phenols is 2. The molecule has 0 saturated heterocycles. The Labute approximate surface area is 130 Å². The molecule has 2 rings (SSSR count). The van der Waals surface area contributed by atoms with Gasteiger partial charge in [-0.3, -0.25) is 0 Å². The van der Waals surface area contributed by atoms with Crippen LogP contribution in [0.15, 0.2) is 48.5 Å². The maximum atomic E-state index is 11.7. The van der Waals surface area contributed by atoms with Gasteiger partial charge in [-0.05, 0) is 41.5 Å². The number of rotatable bonds is 4. The van der Waals surface area contributed by atoms with Crippen LogP contribution in [-0.4, -0.2) is 16.2 Å². The number of aromatic hydroxyl groups is 2. The standard InChI is InChI=1S/C16H13BrO4/c17-10-12-2-1-3-13(8-12)21-16(20)7-5-11-4-6-14(18)15(19)9-11/h1-9,18-19H,10H2. The summed E-state index contributed by atoms with van der Waals surface area (Å²) in [6.45, 7) is 0. The molecule has 0 heterocycles. The molecule has 108 valence electrons. The van der Waals surface area contributed by atoms with E-state index in [1.807, 2.05) is 6.07 Å². The van der Waals surface area contributed by atoms with E-state index < -0.39 is 5.97 Å². The molecule has 0 fully saturated rings. The van der Waals surface area contributed by atoms with Gasteiger partial charge in [-0.1, -0.05) is 34.1 Å². The molecular formula is C16H13BrO4. The van der Waals surface area contributed by atoms with Gasteiger partial charge in [0.05, 0.1) is 0 Å². The van der Waals surface area contributed by atoms with Gasteiger partial charge in [0.15, 0.2) is 11.5 Å². The van der Waals surface area contributed by atoms with Crippen LogP contribution < -0.4 is 4.74 Å².